The molecule has 1 rings (SSSR count). The van der Waals surface area contributed by atoms with Gasteiger partial charge in [-0.25, -0.2) is 0 Å². The van der Waals surface area contributed by atoms with Crippen molar-refractivity contribution in [1.82, 2.24) is 0 Å². The van der Waals surface area contributed by atoms with E-state index in [4.69, 9.17) is 0 Å². The molecular formula is C11H16N2O2. The first kappa shape index (κ1) is 11.5. The Bertz CT molecular complexity index is 375. The van der Waals surface area contributed by atoms with Crippen LogP contribution in [-0.2, 0) is 0 Å². The summed E-state index contributed by atoms with van der Waals surface area (Å²) in [7, 11) is 0. The molecule has 0 fully saturated rings. The minimum Gasteiger partial charge on any atom is -0.379 e. The van der Waals surface area contributed by atoms with E-state index in [-0.39, 0.29) is 10.6 Å². The zero-order chi connectivity index (χ0) is 11.4. The van der Waals surface area contributed by atoms with E-state index in [1.54, 1.807) is 6.07 Å². The first-order chi connectivity index (χ1) is 7.06. The zero-order valence-corrected chi connectivity index (χ0v) is 9.33. The molecule has 0 aliphatic rings. The van der Waals surface area contributed by atoms with E-state index in [2.05, 4.69) is 5.32 Å². The summed E-state index contributed by atoms with van der Waals surface area (Å²) in [5.74, 6) is 0. The number of anilines is 1. The van der Waals surface area contributed by atoms with Crippen molar-refractivity contribution >= 4 is 11.4 Å². The van der Waals surface area contributed by atoms with Gasteiger partial charge in [0.2, 0.25) is 0 Å². The molecular weight excluding hydrogens is 192 g/mol. The van der Waals surface area contributed by atoms with Crippen LogP contribution in [0.25, 0.3) is 0 Å². The number of nitrogens with zero attached hydrogens (tertiary/aromatic N) is 1. The second-order valence-corrected chi connectivity index (χ2v) is 3.64. The fraction of sp³-hybridized carbons (Fsp3) is 0.455. The van der Waals surface area contributed by atoms with Gasteiger partial charge < -0.3 is 5.32 Å². The van der Waals surface area contributed by atoms with Crippen molar-refractivity contribution in [2.45, 2.75) is 27.2 Å². The largest absolute Gasteiger partial charge is 0.379 e. The van der Waals surface area contributed by atoms with Crippen LogP contribution in [0.15, 0.2) is 12.1 Å². The third-order valence-corrected chi connectivity index (χ3v) is 2.37. The Morgan fingerprint density at radius 3 is 2.47 bits per heavy atom. The van der Waals surface area contributed by atoms with Crippen LogP contribution >= 0.6 is 0 Å². The Balaban J connectivity index is 3.10. The molecule has 4 nitrogen and oxygen atoms in total. The second-order valence-electron chi connectivity index (χ2n) is 3.64. The fourth-order valence-corrected chi connectivity index (χ4v) is 1.35. The third kappa shape index (κ3) is 2.68. The molecule has 0 bridgehead atoms. The van der Waals surface area contributed by atoms with Crippen molar-refractivity contribution in [3.05, 3.63) is 33.4 Å². The van der Waals surface area contributed by atoms with Crippen LogP contribution in [-0.4, -0.2) is 11.5 Å². The number of nitro groups is 1. The maximum atomic E-state index is 10.8. The second kappa shape index (κ2) is 4.77. The summed E-state index contributed by atoms with van der Waals surface area (Å²) in [4.78, 5) is 10.5. The topological polar surface area (TPSA) is 55.2 Å². The van der Waals surface area contributed by atoms with Crippen molar-refractivity contribution in [3.63, 3.8) is 0 Å². The summed E-state index contributed by atoms with van der Waals surface area (Å²) < 4.78 is 0. The van der Waals surface area contributed by atoms with Gasteiger partial charge in [-0.2, -0.15) is 0 Å². The Labute approximate surface area is 89.5 Å². The van der Waals surface area contributed by atoms with Crippen LogP contribution < -0.4 is 5.32 Å². The average molecular weight is 208 g/mol. The van der Waals surface area contributed by atoms with E-state index < -0.39 is 0 Å². The molecule has 0 radical (unpaired) electrons. The predicted molar refractivity (Wildman–Crippen MR) is 61.4 cm³/mol. The number of benzene rings is 1. The molecule has 1 aromatic rings. The lowest BCUT2D eigenvalue weighted by molar-refractivity contribution is -0.384. The van der Waals surface area contributed by atoms with Gasteiger partial charge >= 0.3 is 0 Å². The minimum absolute atomic E-state index is 0.159. The molecule has 0 unspecified atom stereocenters. The van der Waals surface area contributed by atoms with Crippen LogP contribution in [0.3, 0.4) is 0 Å². The monoisotopic (exact) mass is 208 g/mol. The molecule has 15 heavy (non-hydrogen) atoms. The van der Waals surface area contributed by atoms with Crippen molar-refractivity contribution in [2.24, 2.45) is 0 Å². The third-order valence-electron chi connectivity index (χ3n) is 2.37. The fourth-order valence-electron chi connectivity index (χ4n) is 1.35. The molecule has 1 aromatic carbocycles. The van der Waals surface area contributed by atoms with E-state index >= 15 is 0 Å². The molecule has 4 heteroatoms. The SMILES string of the molecule is CCCNc1cc(C)c(C)cc1[N+](=O)[O-]. The maximum Gasteiger partial charge on any atom is 0.292 e. The van der Waals surface area contributed by atoms with E-state index in [9.17, 15) is 10.1 Å². The first-order valence-corrected chi connectivity index (χ1v) is 5.05. The van der Waals surface area contributed by atoms with Crippen molar-refractivity contribution in [1.29, 1.82) is 0 Å². The lowest BCUT2D eigenvalue weighted by Crippen LogP contribution is -2.04. The molecule has 0 aromatic heterocycles. The van der Waals surface area contributed by atoms with Gasteiger partial charge in [0.1, 0.15) is 5.69 Å². The van der Waals surface area contributed by atoms with Crippen LogP contribution in [0.5, 0.6) is 0 Å². The van der Waals surface area contributed by atoms with Gasteiger partial charge in [-0.1, -0.05) is 6.92 Å². The molecule has 0 atom stereocenters. The predicted octanol–water partition coefficient (Wildman–Crippen LogP) is 3.03. The highest BCUT2D eigenvalue weighted by Gasteiger charge is 2.14. The molecule has 1 N–H and O–H groups in total. The van der Waals surface area contributed by atoms with Crippen LogP contribution in [0.4, 0.5) is 11.4 Å². The van der Waals surface area contributed by atoms with E-state index in [1.165, 1.54) is 0 Å². The number of hydrogen-bond acceptors (Lipinski definition) is 3. The smallest absolute Gasteiger partial charge is 0.292 e. The van der Waals surface area contributed by atoms with Gasteiger partial charge in [0.15, 0.2) is 0 Å². The Morgan fingerprint density at radius 2 is 1.93 bits per heavy atom. The minimum atomic E-state index is -0.343. The zero-order valence-electron chi connectivity index (χ0n) is 9.33. The Morgan fingerprint density at radius 1 is 1.33 bits per heavy atom. The van der Waals surface area contributed by atoms with Gasteiger partial charge in [-0.15, -0.1) is 0 Å². The number of nitrogens with one attached hydrogen (secondary N) is 1. The van der Waals surface area contributed by atoms with Gasteiger partial charge in [-0.3, -0.25) is 10.1 Å². The van der Waals surface area contributed by atoms with Crippen molar-refractivity contribution in [2.75, 3.05) is 11.9 Å². The summed E-state index contributed by atoms with van der Waals surface area (Å²) >= 11 is 0. The highest BCUT2D eigenvalue weighted by Crippen LogP contribution is 2.27. The summed E-state index contributed by atoms with van der Waals surface area (Å²) in [6.07, 6.45) is 0.948. The van der Waals surface area contributed by atoms with E-state index in [0.29, 0.717) is 5.69 Å². The molecule has 82 valence electrons. The first-order valence-electron chi connectivity index (χ1n) is 5.05. The summed E-state index contributed by atoms with van der Waals surface area (Å²) in [5.41, 5.74) is 2.79. The summed E-state index contributed by atoms with van der Waals surface area (Å²) in [6, 6.07) is 3.45. The Kier molecular flexibility index (Phi) is 3.66. The lowest BCUT2D eigenvalue weighted by Gasteiger charge is -2.08. The molecule has 0 saturated heterocycles. The molecule has 0 spiro atoms. The number of hydrogen-bond donors (Lipinski definition) is 1. The molecule has 0 aliphatic heterocycles. The number of nitro benzene ring substituents is 1. The molecule has 0 amide bonds. The average Bonchev–Trinajstić information content (AvgIpc) is 2.19. The molecule has 0 aliphatic carbocycles. The van der Waals surface area contributed by atoms with Crippen LogP contribution in [0.2, 0.25) is 0 Å². The highest BCUT2D eigenvalue weighted by atomic mass is 16.6. The van der Waals surface area contributed by atoms with Crippen LogP contribution in [0, 0.1) is 24.0 Å². The van der Waals surface area contributed by atoms with Gasteiger partial charge in [0.25, 0.3) is 5.69 Å². The summed E-state index contributed by atoms with van der Waals surface area (Å²) in [6.45, 7) is 6.62. The maximum absolute atomic E-state index is 10.8. The number of rotatable bonds is 4. The Hall–Kier alpha value is -1.58. The standard InChI is InChI=1S/C11H16N2O2/c1-4-5-12-10-6-8(2)9(3)7-11(10)13(14)15/h6-7,12H,4-5H2,1-3H3. The quantitative estimate of drug-likeness (QED) is 0.611. The van der Waals surface area contributed by atoms with Crippen molar-refractivity contribution in [3.8, 4) is 0 Å². The van der Waals surface area contributed by atoms with Gasteiger partial charge in [-0.05, 0) is 37.5 Å². The lowest BCUT2D eigenvalue weighted by atomic mass is 10.1. The number of aryl methyl sites for hydroxylation is 2. The van der Waals surface area contributed by atoms with Crippen molar-refractivity contribution < 1.29 is 4.92 Å². The molecule has 0 heterocycles. The normalized spacial score (nSPS) is 10.1. The van der Waals surface area contributed by atoms with E-state index in [1.807, 2.05) is 26.8 Å². The molecule has 0 saturated carbocycles. The summed E-state index contributed by atoms with van der Waals surface area (Å²) in [5, 5.41) is 13.9. The van der Waals surface area contributed by atoms with E-state index in [0.717, 1.165) is 24.1 Å². The van der Waals surface area contributed by atoms with Gasteiger partial charge in [0, 0.05) is 12.6 Å². The highest BCUT2D eigenvalue weighted by molar-refractivity contribution is 5.64. The van der Waals surface area contributed by atoms with Gasteiger partial charge in [0.05, 0.1) is 4.92 Å². The van der Waals surface area contributed by atoms with Crippen LogP contribution in [0.1, 0.15) is 24.5 Å².